The van der Waals surface area contributed by atoms with Crippen molar-refractivity contribution in [3.8, 4) is 12.0 Å². The molecule has 0 N–H and O–H groups in total. The summed E-state index contributed by atoms with van der Waals surface area (Å²) in [7, 11) is -1.44. The van der Waals surface area contributed by atoms with Crippen LogP contribution in [0.3, 0.4) is 0 Å². The van der Waals surface area contributed by atoms with Crippen LogP contribution < -0.4 is 0 Å². The third kappa shape index (κ3) is 4.38. The molecular weight excluding hydrogens is 176 g/mol. The van der Waals surface area contributed by atoms with E-state index in [9.17, 15) is 0 Å². The van der Waals surface area contributed by atoms with E-state index in [1.165, 1.54) is 18.1 Å². The Hall–Kier alpha value is -0.423. The zero-order valence-corrected chi connectivity index (χ0v) is 10.4. The second kappa shape index (κ2) is 7.03. The van der Waals surface area contributed by atoms with Gasteiger partial charge in [-0.05, 0) is 24.6 Å². The monoisotopic (exact) mass is 198 g/mol. The van der Waals surface area contributed by atoms with E-state index in [-0.39, 0.29) is 0 Å². The molecule has 76 valence electrons. The van der Waals surface area contributed by atoms with Gasteiger partial charge in [0.1, 0.15) is 0 Å². The summed E-state index contributed by atoms with van der Waals surface area (Å²) in [5, 5.41) is 0. The molecule has 2 heteroatoms. The van der Waals surface area contributed by atoms with Crippen LogP contribution >= 0.6 is 0 Å². The highest BCUT2D eigenvalue weighted by molar-refractivity contribution is 6.73. The molecule has 0 amide bonds. The molecule has 0 spiro atoms. The van der Waals surface area contributed by atoms with Gasteiger partial charge in [-0.15, -0.1) is 0 Å². The van der Waals surface area contributed by atoms with Crippen molar-refractivity contribution in [2.75, 3.05) is 0 Å². The van der Waals surface area contributed by atoms with Crippen LogP contribution in [-0.2, 0) is 4.43 Å². The van der Waals surface area contributed by atoms with Crippen LogP contribution in [0, 0.1) is 12.0 Å². The van der Waals surface area contributed by atoms with Crippen LogP contribution in [-0.4, -0.2) is 8.32 Å². The third-order valence-corrected chi connectivity index (χ3v) is 7.05. The van der Waals surface area contributed by atoms with Crippen LogP contribution in [0.5, 0.6) is 0 Å². The Bertz CT molecular complexity index is 166. The lowest BCUT2D eigenvalue weighted by molar-refractivity contribution is 0.494. The number of hydrogen-bond donors (Lipinski definition) is 0. The largest absolute Gasteiger partial charge is 0.500 e. The van der Waals surface area contributed by atoms with Gasteiger partial charge in [-0.2, -0.15) is 0 Å². The van der Waals surface area contributed by atoms with Crippen LogP contribution in [0.4, 0.5) is 0 Å². The SMILES string of the molecule is CCCC#CO[Si](CC)(CC)CC. The average Bonchev–Trinajstić information content (AvgIpc) is 2.20. The van der Waals surface area contributed by atoms with E-state index in [0.717, 1.165) is 12.8 Å². The first kappa shape index (κ1) is 12.6. The maximum Gasteiger partial charge on any atom is 0.264 e. The van der Waals surface area contributed by atoms with Crippen LogP contribution in [0.15, 0.2) is 0 Å². The maximum atomic E-state index is 5.76. The smallest absolute Gasteiger partial charge is 0.264 e. The van der Waals surface area contributed by atoms with Gasteiger partial charge in [0.15, 0.2) is 0 Å². The summed E-state index contributed by atoms with van der Waals surface area (Å²) in [4.78, 5) is 0. The predicted molar refractivity (Wildman–Crippen MR) is 61.0 cm³/mol. The standard InChI is InChI=1S/C11H22OSi/c1-5-9-10-11-12-13(6-2,7-3)8-4/h5-9H2,1-4H3. The quantitative estimate of drug-likeness (QED) is 0.483. The lowest BCUT2D eigenvalue weighted by Crippen LogP contribution is -2.33. The Balaban J connectivity index is 4.04. The topological polar surface area (TPSA) is 9.23 Å². The molecule has 0 aromatic heterocycles. The van der Waals surface area contributed by atoms with Crippen molar-refractivity contribution in [2.24, 2.45) is 0 Å². The minimum Gasteiger partial charge on any atom is -0.500 e. The van der Waals surface area contributed by atoms with E-state index >= 15 is 0 Å². The lowest BCUT2D eigenvalue weighted by Gasteiger charge is -2.24. The van der Waals surface area contributed by atoms with Gasteiger partial charge in [0.2, 0.25) is 0 Å². The van der Waals surface area contributed by atoms with Crippen molar-refractivity contribution in [3.05, 3.63) is 0 Å². The van der Waals surface area contributed by atoms with Crippen molar-refractivity contribution in [1.82, 2.24) is 0 Å². The van der Waals surface area contributed by atoms with Gasteiger partial charge in [-0.1, -0.05) is 33.6 Å². The predicted octanol–water partition coefficient (Wildman–Crippen LogP) is 3.77. The molecule has 0 heterocycles. The van der Waals surface area contributed by atoms with Gasteiger partial charge in [-0.3, -0.25) is 0 Å². The first-order valence-corrected chi connectivity index (χ1v) is 7.93. The molecule has 0 unspecified atom stereocenters. The molecule has 0 atom stereocenters. The minimum absolute atomic E-state index is 0.960. The first-order valence-electron chi connectivity index (χ1n) is 5.40. The fourth-order valence-electron chi connectivity index (χ4n) is 1.29. The molecule has 0 aliphatic carbocycles. The van der Waals surface area contributed by atoms with Gasteiger partial charge in [0, 0.05) is 6.42 Å². The Morgan fingerprint density at radius 2 is 1.54 bits per heavy atom. The summed E-state index contributed by atoms with van der Waals surface area (Å²) < 4.78 is 5.76. The van der Waals surface area contributed by atoms with Crippen LogP contribution in [0.1, 0.15) is 40.5 Å². The maximum absolute atomic E-state index is 5.76. The Kier molecular flexibility index (Phi) is 6.80. The highest BCUT2D eigenvalue weighted by Gasteiger charge is 2.29. The molecule has 1 nitrogen and oxygen atoms in total. The molecule has 0 aliphatic heterocycles. The minimum atomic E-state index is -1.44. The zero-order chi connectivity index (χ0) is 10.2. The van der Waals surface area contributed by atoms with Crippen LogP contribution in [0.25, 0.3) is 0 Å². The summed E-state index contributed by atoms with van der Waals surface area (Å²) in [5.41, 5.74) is 0. The molecule has 0 rings (SSSR count). The van der Waals surface area contributed by atoms with E-state index in [1.54, 1.807) is 0 Å². The van der Waals surface area contributed by atoms with E-state index in [1.807, 2.05) is 0 Å². The fraction of sp³-hybridized carbons (Fsp3) is 0.818. The molecule has 0 radical (unpaired) electrons. The van der Waals surface area contributed by atoms with Crippen molar-refractivity contribution >= 4 is 8.32 Å². The van der Waals surface area contributed by atoms with E-state index < -0.39 is 8.32 Å². The third-order valence-electron chi connectivity index (χ3n) is 2.65. The van der Waals surface area contributed by atoms with Gasteiger partial charge >= 0.3 is 0 Å². The Labute approximate surface area is 84.0 Å². The number of unbranched alkanes of at least 4 members (excludes halogenated alkanes) is 1. The summed E-state index contributed by atoms with van der Waals surface area (Å²) in [6.07, 6.45) is 4.97. The second-order valence-electron chi connectivity index (χ2n) is 3.37. The van der Waals surface area contributed by atoms with E-state index in [4.69, 9.17) is 4.43 Å². The molecular formula is C11H22OSi. The lowest BCUT2D eigenvalue weighted by atomic mass is 10.4. The summed E-state index contributed by atoms with van der Waals surface area (Å²) in [6, 6.07) is 3.54. The van der Waals surface area contributed by atoms with Gasteiger partial charge in [-0.25, -0.2) is 0 Å². The Morgan fingerprint density at radius 1 is 1.00 bits per heavy atom. The molecule has 0 fully saturated rings. The molecule has 0 bridgehead atoms. The molecule has 0 aromatic rings. The first-order chi connectivity index (χ1) is 6.24. The van der Waals surface area contributed by atoms with Crippen molar-refractivity contribution in [1.29, 1.82) is 0 Å². The average molecular weight is 198 g/mol. The van der Waals surface area contributed by atoms with Crippen molar-refractivity contribution in [3.63, 3.8) is 0 Å². The summed E-state index contributed by atoms with van der Waals surface area (Å²) in [6.45, 7) is 8.81. The second-order valence-corrected chi connectivity index (χ2v) is 8.07. The van der Waals surface area contributed by atoms with Gasteiger partial charge in [0.25, 0.3) is 8.32 Å². The summed E-state index contributed by atoms with van der Waals surface area (Å²) in [5.74, 6) is 3.06. The fourth-order valence-corrected chi connectivity index (χ4v) is 3.51. The number of rotatable bonds is 5. The van der Waals surface area contributed by atoms with Crippen LogP contribution in [0.2, 0.25) is 18.1 Å². The zero-order valence-electron chi connectivity index (χ0n) is 9.44. The van der Waals surface area contributed by atoms with E-state index in [0.29, 0.717) is 0 Å². The van der Waals surface area contributed by atoms with Crippen molar-refractivity contribution < 1.29 is 4.43 Å². The summed E-state index contributed by atoms with van der Waals surface area (Å²) >= 11 is 0. The number of hydrogen-bond acceptors (Lipinski definition) is 1. The van der Waals surface area contributed by atoms with Gasteiger partial charge in [0.05, 0.1) is 6.11 Å². The van der Waals surface area contributed by atoms with Gasteiger partial charge < -0.3 is 4.43 Å². The molecule has 13 heavy (non-hydrogen) atoms. The molecule has 0 saturated carbocycles. The molecule has 0 aromatic carbocycles. The van der Waals surface area contributed by atoms with Crippen molar-refractivity contribution in [2.45, 2.75) is 58.7 Å². The highest BCUT2D eigenvalue weighted by atomic mass is 28.4. The highest BCUT2D eigenvalue weighted by Crippen LogP contribution is 2.20. The Morgan fingerprint density at radius 3 is 1.92 bits per heavy atom. The normalized spacial score (nSPS) is 10.5. The van der Waals surface area contributed by atoms with E-state index in [2.05, 4.69) is 39.7 Å². The molecule has 0 aliphatic rings. The molecule has 0 saturated heterocycles.